The number of carbonyl (C=O) groups excluding carboxylic acids is 1. The molecule has 25 heavy (non-hydrogen) atoms. The van der Waals surface area contributed by atoms with Crippen molar-refractivity contribution in [2.24, 2.45) is 5.92 Å². The van der Waals surface area contributed by atoms with Gasteiger partial charge in [0.1, 0.15) is 12.2 Å². The maximum atomic E-state index is 13.9. The topological polar surface area (TPSA) is 51.7 Å². The van der Waals surface area contributed by atoms with Crippen molar-refractivity contribution < 1.29 is 18.7 Å². The van der Waals surface area contributed by atoms with Crippen LogP contribution in [0.2, 0.25) is 0 Å². The molecule has 0 bridgehead atoms. The SMILES string of the molecule is O=C(C1CC=CCC1)N1C[C@@H](Oc2ncccc2F)[C@@H]2OCCC[C@@H]21. The van der Waals surface area contributed by atoms with Crippen molar-refractivity contribution >= 4 is 5.91 Å². The van der Waals surface area contributed by atoms with E-state index in [0.717, 1.165) is 32.1 Å². The predicted octanol–water partition coefficient (Wildman–Crippen LogP) is 2.71. The number of nitrogens with zero attached hydrogens (tertiary/aromatic N) is 2. The van der Waals surface area contributed by atoms with E-state index in [2.05, 4.69) is 17.1 Å². The quantitative estimate of drug-likeness (QED) is 0.790. The monoisotopic (exact) mass is 346 g/mol. The lowest BCUT2D eigenvalue weighted by atomic mass is 9.92. The summed E-state index contributed by atoms with van der Waals surface area (Å²) in [4.78, 5) is 18.9. The fourth-order valence-corrected chi connectivity index (χ4v) is 4.12. The Balaban J connectivity index is 1.52. The third-order valence-electron chi connectivity index (χ3n) is 5.37. The highest BCUT2D eigenvalue weighted by atomic mass is 19.1. The van der Waals surface area contributed by atoms with E-state index < -0.39 is 5.82 Å². The van der Waals surface area contributed by atoms with Crippen molar-refractivity contribution in [3.8, 4) is 5.88 Å². The van der Waals surface area contributed by atoms with Crippen LogP contribution < -0.4 is 4.74 Å². The molecular weight excluding hydrogens is 323 g/mol. The standard InChI is InChI=1S/C19H23FN2O3/c20-14-8-4-10-21-18(14)25-16-12-22(15-9-5-11-24-17(15)16)19(23)13-6-2-1-3-7-13/h1-2,4,8,10,13,15-17H,3,5-7,9,11-12H2/t13?,15-,16+,17+/m0/s1. The molecule has 1 aliphatic carbocycles. The Morgan fingerprint density at radius 3 is 3.08 bits per heavy atom. The van der Waals surface area contributed by atoms with Crippen LogP contribution >= 0.6 is 0 Å². The number of allylic oxidation sites excluding steroid dienone is 2. The summed E-state index contributed by atoms with van der Waals surface area (Å²) in [7, 11) is 0. The number of rotatable bonds is 3. The molecular formula is C19H23FN2O3. The molecule has 2 aliphatic heterocycles. The number of amides is 1. The summed E-state index contributed by atoms with van der Waals surface area (Å²) in [5, 5.41) is 0. The first-order valence-corrected chi connectivity index (χ1v) is 9.08. The third-order valence-corrected chi connectivity index (χ3v) is 5.37. The van der Waals surface area contributed by atoms with Crippen molar-refractivity contribution in [2.75, 3.05) is 13.2 Å². The number of carbonyl (C=O) groups is 1. The van der Waals surface area contributed by atoms with Crippen LogP contribution in [0.15, 0.2) is 30.5 Å². The van der Waals surface area contributed by atoms with Crippen molar-refractivity contribution in [1.82, 2.24) is 9.88 Å². The van der Waals surface area contributed by atoms with Gasteiger partial charge < -0.3 is 14.4 Å². The second kappa shape index (κ2) is 7.12. The number of halogens is 1. The first-order chi connectivity index (χ1) is 12.2. The largest absolute Gasteiger partial charge is 0.468 e. The number of likely N-dealkylation sites (tertiary alicyclic amines) is 1. The molecule has 0 aromatic carbocycles. The van der Waals surface area contributed by atoms with Crippen molar-refractivity contribution in [1.29, 1.82) is 0 Å². The van der Waals surface area contributed by atoms with E-state index in [1.165, 1.54) is 18.3 Å². The zero-order chi connectivity index (χ0) is 17.2. The molecule has 4 rings (SSSR count). The maximum Gasteiger partial charge on any atom is 0.250 e. The zero-order valence-electron chi connectivity index (χ0n) is 14.1. The van der Waals surface area contributed by atoms with Crippen LogP contribution in [0.3, 0.4) is 0 Å². The molecule has 2 saturated heterocycles. The van der Waals surface area contributed by atoms with E-state index in [9.17, 15) is 9.18 Å². The molecule has 0 radical (unpaired) electrons. The summed E-state index contributed by atoms with van der Waals surface area (Å²) >= 11 is 0. The molecule has 3 aliphatic rings. The van der Waals surface area contributed by atoms with Gasteiger partial charge >= 0.3 is 0 Å². The molecule has 0 saturated carbocycles. The molecule has 0 spiro atoms. The van der Waals surface area contributed by atoms with Gasteiger partial charge in [-0.1, -0.05) is 12.2 Å². The second-order valence-electron chi connectivity index (χ2n) is 6.96. The Morgan fingerprint density at radius 1 is 1.36 bits per heavy atom. The predicted molar refractivity (Wildman–Crippen MR) is 89.6 cm³/mol. The van der Waals surface area contributed by atoms with E-state index in [1.54, 1.807) is 0 Å². The molecule has 3 heterocycles. The smallest absolute Gasteiger partial charge is 0.250 e. The summed E-state index contributed by atoms with van der Waals surface area (Å²) in [5.41, 5.74) is 0. The van der Waals surface area contributed by atoms with Crippen LogP contribution in [0.25, 0.3) is 0 Å². The van der Waals surface area contributed by atoms with Gasteiger partial charge in [-0.3, -0.25) is 4.79 Å². The number of hydrogen-bond donors (Lipinski definition) is 0. The minimum Gasteiger partial charge on any atom is -0.468 e. The van der Waals surface area contributed by atoms with E-state index in [0.29, 0.717) is 13.2 Å². The average Bonchev–Trinajstić information content (AvgIpc) is 3.02. The van der Waals surface area contributed by atoms with Gasteiger partial charge in [-0.15, -0.1) is 0 Å². The van der Waals surface area contributed by atoms with Gasteiger partial charge in [0.2, 0.25) is 5.91 Å². The lowest BCUT2D eigenvalue weighted by Crippen LogP contribution is -2.46. The number of hydrogen-bond acceptors (Lipinski definition) is 4. The number of aromatic nitrogens is 1. The van der Waals surface area contributed by atoms with Gasteiger partial charge in [-0.2, -0.15) is 0 Å². The van der Waals surface area contributed by atoms with Crippen LogP contribution in [0.1, 0.15) is 32.1 Å². The van der Waals surface area contributed by atoms with Gasteiger partial charge in [0, 0.05) is 18.7 Å². The number of pyridine rings is 1. The molecule has 1 amide bonds. The van der Waals surface area contributed by atoms with Crippen LogP contribution in [0.4, 0.5) is 4.39 Å². The Morgan fingerprint density at radius 2 is 2.28 bits per heavy atom. The van der Waals surface area contributed by atoms with Gasteiger partial charge in [0.15, 0.2) is 5.82 Å². The van der Waals surface area contributed by atoms with Crippen molar-refractivity contribution in [3.63, 3.8) is 0 Å². The molecule has 6 heteroatoms. The minimum absolute atomic E-state index is 0.0175. The summed E-state index contributed by atoms with van der Waals surface area (Å²) in [6.45, 7) is 1.09. The van der Waals surface area contributed by atoms with Gasteiger partial charge in [-0.05, 0) is 44.2 Å². The highest BCUT2D eigenvalue weighted by Crippen LogP contribution is 2.34. The molecule has 1 aromatic rings. The van der Waals surface area contributed by atoms with Crippen LogP contribution in [-0.4, -0.2) is 47.2 Å². The zero-order valence-corrected chi connectivity index (χ0v) is 14.1. The summed E-state index contributed by atoms with van der Waals surface area (Å²) in [6.07, 6.45) is 9.63. The summed E-state index contributed by atoms with van der Waals surface area (Å²) in [5.74, 6) is -0.289. The van der Waals surface area contributed by atoms with Crippen LogP contribution in [-0.2, 0) is 9.53 Å². The fourth-order valence-electron chi connectivity index (χ4n) is 4.12. The van der Waals surface area contributed by atoms with E-state index >= 15 is 0 Å². The van der Waals surface area contributed by atoms with E-state index in [1.807, 2.05) is 4.90 Å². The first kappa shape index (κ1) is 16.5. The van der Waals surface area contributed by atoms with Crippen LogP contribution in [0.5, 0.6) is 5.88 Å². The molecule has 4 atom stereocenters. The molecule has 134 valence electrons. The lowest BCUT2D eigenvalue weighted by molar-refractivity contribution is -0.139. The highest BCUT2D eigenvalue weighted by molar-refractivity contribution is 5.80. The number of ether oxygens (including phenoxy) is 2. The van der Waals surface area contributed by atoms with Gasteiger partial charge in [0.05, 0.1) is 12.6 Å². The minimum atomic E-state index is -0.489. The summed E-state index contributed by atoms with van der Waals surface area (Å²) < 4.78 is 25.6. The van der Waals surface area contributed by atoms with Gasteiger partial charge in [0.25, 0.3) is 5.88 Å². The Labute approximate surface area is 146 Å². The summed E-state index contributed by atoms with van der Waals surface area (Å²) in [6, 6.07) is 2.88. The first-order valence-electron chi connectivity index (χ1n) is 9.08. The molecule has 5 nitrogen and oxygen atoms in total. The number of fused-ring (bicyclic) bond motifs is 1. The normalized spacial score (nSPS) is 31.6. The molecule has 1 aromatic heterocycles. The molecule has 0 N–H and O–H groups in total. The van der Waals surface area contributed by atoms with Crippen molar-refractivity contribution in [3.05, 3.63) is 36.3 Å². The average molecular weight is 346 g/mol. The lowest BCUT2D eigenvalue weighted by Gasteiger charge is -2.33. The van der Waals surface area contributed by atoms with E-state index in [-0.39, 0.29) is 36.0 Å². The third kappa shape index (κ3) is 3.27. The molecule has 1 unspecified atom stereocenters. The highest BCUT2D eigenvalue weighted by Gasteiger charge is 2.48. The Bertz CT molecular complexity index is 666. The second-order valence-corrected chi connectivity index (χ2v) is 6.96. The fraction of sp³-hybridized carbons (Fsp3) is 0.579. The Kier molecular flexibility index (Phi) is 4.70. The van der Waals surface area contributed by atoms with Gasteiger partial charge in [-0.25, -0.2) is 9.37 Å². The maximum absolute atomic E-state index is 13.9. The van der Waals surface area contributed by atoms with Crippen LogP contribution in [0, 0.1) is 11.7 Å². The molecule has 2 fully saturated rings. The van der Waals surface area contributed by atoms with Crippen molar-refractivity contribution in [2.45, 2.75) is 50.4 Å². The Hall–Kier alpha value is -1.95. The van der Waals surface area contributed by atoms with E-state index in [4.69, 9.17) is 9.47 Å².